The molecule has 9 heteroatoms. The van der Waals surface area contributed by atoms with Gasteiger partial charge in [-0.25, -0.2) is 9.79 Å². The van der Waals surface area contributed by atoms with Crippen LogP contribution in [0.1, 0.15) is 36.6 Å². The predicted octanol–water partition coefficient (Wildman–Crippen LogP) is 5.68. The highest BCUT2D eigenvalue weighted by molar-refractivity contribution is 7.07. The zero-order valence-corrected chi connectivity index (χ0v) is 23.5. The summed E-state index contributed by atoms with van der Waals surface area (Å²) in [5.74, 6) is 0.186. The van der Waals surface area contributed by atoms with Crippen molar-refractivity contribution in [1.82, 2.24) is 4.57 Å². The summed E-state index contributed by atoms with van der Waals surface area (Å²) in [7, 11) is 0. The van der Waals surface area contributed by atoms with E-state index in [1.54, 1.807) is 30.5 Å². The van der Waals surface area contributed by atoms with Gasteiger partial charge in [0.05, 0.1) is 28.5 Å². The van der Waals surface area contributed by atoms with Crippen LogP contribution in [0.4, 0.5) is 0 Å². The monoisotopic (exact) mass is 578 g/mol. The van der Waals surface area contributed by atoms with Crippen LogP contribution in [0, 0.1) is 0 Å². The lowest BCUT2D eigenvalue weighted by molar-refractivity contribution is -0.139. The minimum atomic E-state index is -0.680. The largest absolute Gasteiger partial charge is 0.489 e. The average Bonchev–Trinajstić information content (AvgIpc) is 3.23. The van der Waals surface area contributed by atoms with Gasteiger partial charge in [0, 0.05) is 15.6 Å². The second-order valence-electron chi connectivity index (χ2n) is 8.80. The van der Waals surface area contributed by atoms with Gasteiger partial charge in [-0.3, -0.25) is 9.36 Å². The fraction of sp³-hybridized carbons (Fsp3) is 0.167. The van der Waals surface area contributed by atoms with Gasteiger partial charge in [0.25, 0.3) is 5.56 Å². The van der Waals surface area contributed by atoms with Gasteiger partial charge in [0.15, 0.2) is 4.80 Å². The highest BCUT2D eigenvalue weighted by atomic mass is 35.5. The summed E-state index contributed by atoms with van der Waals surface area (Å²) in [5.41, 5.74) is 3.07. The number of aromatic nitrogens is 1. The van der Waals surface area contributed by atoms with Gasteiger partial charge in [-0.15, -0.1) is 0 Å². The molecule has 3 aromatic carbocycles. The summed E-state index contributed by atoms with van der Waals surface area (Å²) in [5, 5.41) is 1.21. The fourth-order valence-electron chi connectivity index (χ4n) is 4.34. The van der Waals surface area contributed by atoms with Gasteiger partial charge >= 0.3 is 5.97 Å². The molecule has 1 unspecified atom stereocenters. The van der Waals surface area contributed by atoms with E-state index in [1.807, 2.05) is 66.7 Å². The van der Waals surface area contributed by atoms with Crippen LogP contribution in [0.5, 0.6) is 5.75 Å². The number of ether oxygens (including phenoxy) is 2. The van der Waals surface area contributed by atoms with E-state index in [0.717, 1.165) is 16.7 Å². The number of thiazole rings is 1. The second kappa shape index (κ2) is 11.6. The van der Waals surface area contributed by atoms with Gasteiger partial charge in [0.2, 0.25) is 0 Å². The number of fused-ring (bicyclic) bond motifs is 1. The van der Waals surface area contributed by atoms with Crippen molar-refractivity contribution >= 4 is 46.6 Å². The standard InChI is InChI=1S/C30H24Cl2N2O4S/c1-3-37-29(36)26-18(2)33-30-34(27(26)20-10-12-22(31)13-11-20)28(35)25(39-30)16-19-8-14-23(15-9-19)38-17-21-6-4-5-7-24(21)32/h4-16,27H,3,17H2,1-2H3/b25-16-. The first-order valence-electron chi connectivity index (χ1n) is 12.3. The normalized spacial score (nSPS) is 15.1. The van der Waals surface area contributed by atoms with Crippen molar-refractivity contribution in [2.45, 2.75) is 26.5 Å². The maximum absolute atomic E-state index is 13.7. The summed E-state index contributed by atoms with van der Waals surface area (Å²) >= 11 is 13.6. The van der Waals surface area contributed by atoms with Crippen molar-refractivity contribution in [3.8, 4) is 5.75 Å². The van der Waals surface area contributed by atoms with Crippen LogP contribution in [0.25, 0.3) is 6.08 Å². The Morgan fingerprint density at radius 3 is 2.46 bits per heavy atom. The number of hydrogen-bond acceptors (Lipinski definition) is 6. The summed E-state index contributed by atoms with van der Waals surface area (Å²) in [4.78, 5) is 31.8. The Hall–Kier alpha value is -3.65. The SMILES string of the molecule is CCOC(=O)C1=C(C)N=c2s/c(=C\c3ccc(OCc4ccccc4Cl)cc3)c(=O)n2C1c1ccc(Cl)cc1. The molecule has 1 aromatic heterocycles. The summed E-state index contributed by atoms with van der Waals surface area (Å²) in [6.07, 6.45) is 1.81. The molecule has 5 rings (SSSR count). The Morgan fingerprint density at radius 2 is 1.77 bits per heavy atom. The minimum Gasteiger partial charge on any atom is -0.489 e. The molecular formula is C30H24Cl2N2O4S. The number of esters is 1. The van der Waals surface area contributed by atoms with Crippen molar-refractivity contribution in [3.05, 3.63) is 130 Å². The van der Waals surface area contributed by atoms with Crippen LogP contribution in [-0.2, 0) is 16.1 Å². The molecule has 0 radical (unpaired) electrons. The molecule has 0 aliphatic carbocycles. The summed E-state index contributed by atoms with van der Waals surface area (Å²) in [6.45, 7) is 4.07. The first-order chi connectivity index (χ1) is 18.9. The zero-order valence-electron chi connectivity index (χ0n) is 21.2. The number of rotatable bonds is 7. The van der Waals surface area contributed by atoms with E-state index in [0.29, 0.717) is 43.0 Å². The Bertz CT molecular complexity index is 1740. The number of nitrogens with zero attached hydrogens (tertiary/aromatic N) is 2. The quantitative estimate of drug-likeness (QED) is 0.264. The molecule has 0 saturated carbocycles. The van der Waals surface area contributed by atoms with Crippen LogP contribution in [0.2, 0.25) is 10.0 Å². The third-order valence-corrected chi connectivity index (χ3v) is 7.84. The Morgan fingerprint density at radius 1 is 1.05 bits per heavy atom. The average molecular weight is 580 g/mol. The van der Waals surface area contributed by atoms with Crippen molar-refractivity contribution in [2.24, 2.45) is 4.99 Å². The molecule has 0 amide bonds. The van der Waals surface area contributed by atoms with E-state index < -0.39 is 12.0 Å². The van der Waals surface area contributed by atoms with Crippen molar-refractivity contribution in [2.75, 3.05) is 6.61 Å². The van der Waals surface area contributed by atoms with Gasteiger partial charge in [0.1, 0.15) is 12.4 Å². The number of carbonyl (C=O) groups excluding carboxylic acids is 1. The van der Waals surface area contributed by atoms with Gasteiger partial charge in [-0.2, -0.15) is 0 Å². The Balaban J connectivity index is 1.50. The summed E-state index contributed by atoms with van der Waals surface area (Å²) < 4.78 is 13.2. The number of hydrogen-bond donors (Lipinski definition) is 0. The highest BCUT2D eigenvalue weighted by Crippen LogP contribution is 2.31. The number of halogens is 2. The molecule has 0 spiro atoms. The molecule has 39 heavy (non-hydrogen) atoms. The lowest BCUT2D eigenvalue weighted by Crippen LogP contribution is -2.39. The van der Waals surface area contributed by atoms with Crippen LogP contribution in [0.15, 0.2) is 93.9 Å². The van der Waals surface area contributed by atoms with E-state index >= 15 is 0 Å². The van der Waals surface area contributed by atoms with Gasteiger partial charge in [-0.1, -0.05) is 77.0 Å². The van der Waals surface area contributed by atoms with E-state index in [1.165, 1.54) is 11.3 Å². The Kier molecular flexibility index (Phi) is 8.02. The maximum atomic E-state index is 13.7. The van der Waals surface area contributed by atoms with E-state index in [9.17, 15) is 9.59 Å². The molecule has 0 saturated heterocycles. The molecule has 2 heterocycles. The number of benzene rings is 3. The highest BCUT2D eigenvalue weighted by Gasteiger charge is 2.33. The third-order valence-electron chi connectivity index (χ3n) is 6.23. The minimum absolute atomic E-state index is 0.214. The number of allylic oxidation sites excluding steroid dienone is 1. The summed E-state index contributed by atoms with van der Waals surface area (Å²) in [6, 6.07) is 21.4. The smallest absolute Gasteiger partial charge is 0.338 e. The van der Waals surface area contributed by atoms with E-state index in [-0.39, 0.29) is 12.2 Å². The molecule has 0 bridgehead atoms. The van der Waals surface area contributed by atoms with Crippen LogP contribution in [-0.4, -0.2) is 17.1 Å². The lowest BCUT2D eigenvalue weighted by atomic mass is 9.96. The molecule has 198 valence electrons. The van der Waals surface area contributed by atoms with Gasteiger partial charge < -0.3 is 9.47 Å². The fourth-order valence-corrected chi connectivity index (χ4v) is 5.70. The first kappa shape index (κ1) is 26.9. The number of carbonyl (C=O) groups is 1. The second-order valence-corrected chi connectivity index (χ2v) is 10.7. The molecule has 1 aliphatic rings. The lowest BCUT2D eigenvalue weighted by Gasteiger charge is -2.24. The maximum Gasteiger partial charge on any atom is 0.338 e. The molecule has 4 aromatic rings. The van der Waals surface area contributed by atoms with Gasteiger partial charge in [-0.05, 0) is 61.4 Å². The topological polar surface area (TPSA) is 69.9 Å². The van der Waals surface area contributed by atoms with Crippen LogP contribution in [0.3, 0.4) is 0 Å². The van der Waals surface area contributed by atoms with E-state index in [4.69, 9.17) is 32.7 Å². The van der Waals surface area contributed by atoms with Crippen LogP contribution >= 0.6 is 34.5 Å². The molecule has 6 nitrogen and oxygen atoms in total. The molecule has 0 N–H and O–H groups in total. The van der Waals surface area contributed by atoms with E-state index in [2.05, 4.69) is 4.99 Å². The van der Waals surface area contributed by atoms with Crippen molar-refractivity contribution in [3.63, 3.8) is 0 Å². The van der Waals surface area contributed by atoms with Crippen molar-refractivity contribution < 1.29 is 14.3 Å². The zero-order chi connectivity index (χ0) is 27.5. The first-order valence-corrected chi connectivity index (χ1v) is 13.8. The molecule has 0 fully saturated rings. The molecule has 1 aliphatic heterocycles. The van der Waals surface area contributed by atoms with Crippen LogP contribution < -0.4 is 19.6 Å². The van der Waals surface area contributed by atoms with Crippen molar-refractivity contribution in [1.29, 1.82) is 0 Å². The third kappa shape index (κ3) is 5.71. The Labute approximate surface area is 239 Å². The predicted molar refractivity (Wildman–Crippen MR) is 154 cm³/mol. The molecular weight excluding hydrogens is 555 g/mol. The molecule has 1 atom stereocenters.